The zero-order valence-corrected chi connectivity index (χ0v) is 18.6. The second-order valence-corrected chi connectivity index (χ2v) is 7.71. The summed E-state index contributed by atoms with van der Waals surface area (Å²) in [6, 6.07) is 33.7. The minimum atomic E-state index is -0.671. The number of rotatable bonds is 10. The van der Waals surface area contributed by atoms with E-state index in [4.69, 9.17) is 9.47 Å². The molecule has 5 nitrogen and oxygen atoms in total. The molecule has 1 amide bonds. The van der Waals surface area contributed by atoms with Crippen LogP contribution in [0.5, 0.6) is 11.5 Å². The van der Waals surface area contributed by atoms with Crippen molar-refractivity contribution >= 4 is 11.7 Å². The Morgan fingerprint density at radius 2 is 1.09 bits per heavy atom. The average Bonchev–Trinajstić information content (AvgIpc) is 2.91. The van der Waals surface area contributed by atoms with Gasteiger partial charge in [0.05, 0.1) is 0 Å². The normalized spacial score (nSPS) is 10.4. The summed E-state index contributed by atoms with van der Waals surface area (Å²) < 4.78 is 12.0. The Kier molecular flexibility index (Phi) is 7.70. The maximum Gasteiger partial charge on any atom is 0.292 e. The quantitative estimate of drug-likeness (QED) is 0.200. The smallest absolute Gasteiger partial charge is 0.292 e. The third kappa shape index (κ3) is 6.33. The third-order valence-corrected chi connectivity index (χ3v) is 5.18. The molecule has 0 aliphatic rings. The van der Waals surface area contributed by atoms with Crippen molar-refractivity contribution in [3.8, 4) is 11.5 Å². The summed E-state index contributed by atoms with van der Waals surface area (Å²) >= 11 is 0. The summed E-state index contributed by atoms with van der Waals surface area (Å²) in [6.07, 6.45) is 0. The highest BCUT2D eigenvalue weighted by atomic mass is 16.5. The molecule has 0 heterocycles. The minimum Gasteiger partial charge on any atom is -0.485 e. The Bertz CT molecular complexity index is 1220. The van der Waals surface area contributed by atoms with Gasteiger partial charge < -0.3 is 14.8 Å². The van der Waals surface area contributed by atoms with Crippen LogP contribution in [0.1, 0.15) is 27.0 Å². The fourth-order valence-corrected chi connectivity index (χ4v) is 3.34. The van der Waals surface area contributed by atoms with Crippen LogP contribution in [0.15, 0.2) is 109 Å². The Labute approximate surface area is 199 Å². The van der Waals surface area contributed by atoms with Gasteiger partial charge in [0.15, 0.2) is 11.5 Å². The molecular weight excluding hydrogens is 428 g/mol. The van der Waals surface area contributed by atoms with Crippen molar-refractivity contribution in [3.05, 3.63) is 131 Å². The van der Waals surface area contributed by atoms with Gasteiger partial charge in [0.1, 0.15) is 13.2 Å². The number of carbonyl (C=O) groups is 2. The molecule has 34 heavy (non-hydrogen) atoms. The molecule has 170 valence electrons. The molecule has 1 N–H and O–H groups in total. The highest BCUT2D eigenvalue weighted by molar-refractivity contribution is 6.42. The van der Waals surface area contributed by atoms with Crippen LogP contribution in [0.2, 0.25) is 0 Å². The van der Waals surface area contributed by atoms with Gasteiger partial charge in [-0.1, -0.05) is 91.0 Å². The Morgan fingerprint density at radius 1 is 0.588 bits per heavy atom. The fourth-order valence-electron chi connectivity index (χ4n) is 3.34. The number of hydrogen-bond donors (Lipinski definition) is 1. The summed E-state index contributed by atoms with van der Waals surface area (Å²) in [5.74, 6) is -0.395. The second kappa shape index (κ2) is 11.5. The number of carbonyl (C=O) groups excluding carboxylic acids is 2. The van der Waals surface area contributed by atoms with Gasteiger partial charge in [-0.25, -0.2) is 0 Å². The Balaban J connectivity index is 1.49. The standard InChI is InChI=1S/C29H25NO4/c31-28(29(32)30-19-22-10-4-1-5-11-22)25-16-17-26(33-20-23-12-6-2-7-13-23)27(18-25)34-21-24-14-8-3-9-15-24/h1-18H,19-21H2,(H,30,32)/i28+1,29+1. The predicted molar refractivity (Wildman–Crippen MR) is 131 cm³/mol. The zero-order valence-electron chi connectivity index (χ0n) is 18.6. The molecule has 0 atom stereocenters. The first-order chi connectivity index (χ1) is 16.7. The van der Waals surface area contributed by atoms with Crippen LogP contribution < -0.4 is 14.8 Å². The first-order valence-corrected chi connectivity index (χ1v) is 11.0. The van der Waals surface area contributed by atoms with Gasteiger partial charge in [-0.05, 0) is 34.9 Å². The fraction of sp³-hybridized carbons (Fsp3) is 0.103. The first-order valence-electron chi connectivity index (χ1n) is 11.0. The molecule has 0 radical (unpaired) electrons. The lowest BCUT2D eigenvalue weighted by molar-refractivity contribution is -0.117. The van der Waals surface area contributed by atoms with Gasteiger partial charge >= 0.3 is 0 Å². The molecule has 4 aromatic rings. The van der Waals surface area contributed by atoms with E-state index in [2.05, 4.69) is 5.32 Å². The van der Waals surface area contributed by atoms with Crippen LogP contribution in [0, 0.1) is 0 Å². The van der Waals surface area contributed by atoms with Crippen LogP contribution in [-0.4, -0.2) is 11.7 Å². The van der Waals surface area contributed by atoms with Crippen molar-refractivity contribution in [2.24, 2.45) is 0 Å². The van der Waals surface area contributed by atoms with Crippen LogP contribution >= 0.6 is 0 Å². The van der Waals surface area contributed by atoms with E-state index in [9.17, 15) is 9.59 Å². The molecule has 0 spiro atoms. The van der Waals surface area contributed by atoms with E-state index in [-0.39, 0.29) is 12.1 Å². The maximum absolute atomic E-state index is 12.8. The summed E-state index contributed by atoms with van der Waals surface area (Å²) in [5, 5.41) is 2.68. The van der Waals surface area contributed by atoms with Crippen molar-refractivity contribution in [2.45, 2.75) is 19.8 Å². The van der Waals surface area contributed by atoms with E-state index in [0.29, 0.717) is 24.7 Å². The van der Waals surface area contributed by atoms with E-state index in [1.807, 2.05) is 91.0 Å². The summed E-state index contributed by atoms with van der Waals surface area (Å²) in [4.78, 5) is 25.2. The average molecular weight is 454 g/mol. The summed E-state index contributed by atoms with van der Waals surface area (Å²) in [6.45, 7) is 0.939. The third-order valence-electron chi connectivity index (χ3n) is 5.18. The number of nitrogens with one attached hydrogen (secondary N) is 1. The van der Waals surface area contributed by atoms with Crippen LogP contribution in [0.25, 0.3) is 0 Å². The molecule has 0 bridgehead atoms. The maximum atomic E-state index is 12.8. The Hall–Kier alpha value is -4.38. The number of benzene rings is 4. The van der Waals surface area contributed by atoms with Gasteiger partial charge in [-0.2, -0.15) is 0 Å². The second-order valence-electron chi connectivity index (χ2n) is 7.71. The van der Waals surface area contributed by atoms with Crippen LogP contribution in [-0.2, 0) is 24.6 Å². The molecular formula is C29H25NO4. The SMILES string of the molecule is O=[13C](NCc1ccccc1)[13C](=O)c1ccc(OCc2ccccc2)c(OCc2ccccc2)c1. The van der Waals surface area contributed by atoms with Gasteiger partial charge in [-0.3, -0.25) is 9.59 Å². The lowest BCUT2D eigenvalue weighted by Crippen LogP contribution is -2.30. The summed E-state index contributed by atoms with van der Waals surface area (Å²) in [7, 11) is 0. The molecule has 0 unspecified atom stereocenters. The molecule has 0 fully saturated rings. The van der Waals surface area contributed by atoms with Crippen molar-refractivity contribution in [1.82, 2.24) is 5.32 Å². The number of amides is 1. The van der Waals surface area contributed by atoms with Crippen LogP contribution in [0.3, 0.4) is 0 Å². The van der Waals surface area contributed by atoms with Crippen LogP contribution in [0.4, 0.5) is 0 Å². The Morgan fingerprint density at radius 3 is 1.65 bits per heavy atom. The van der Waals surface area contributed by atoms with E-state index >= 15 is 0 Å². The summed E-state index contributed by atoms with van der Waals surface area (Å²) in [5.41, 5.74) is 3.15. The van der Waals surface area contributed by atoms with Crippen molar-refractivity contribution in [1.29, 1.82) is 0 Å². The molecule has 4 aromatic carbocycles. The van der Waals surface area contributed by atoms with Crippen molar-refractivity contribution in [3.63, 3.8) is 0 Å². The first kappa shape index (κ1) is 22.8. The van der Waals surface area contributed by atoms with Crippen molar-refractivity contribution in [2.75, 3.05) is 0 Å². The van der Waals surface area contributed by atoms with Gasteiger partial charge in [0.2, 0.25) is 5.78 Å². The monoisotopic (exact) mass is 453 g/mol. The van der Waals surface area contributed by atoms with Gasteiger partial charge in [0, 0.05) is 12.1 Å². The molecule has 0 aliphatic carbocycles. The minimum absolute atomic E-state index is 0.237. The number of ketones is 1. The number of ether oxygens (including phenoxy) is 2. The number of hydrogen-bond acceptors (Lipinski definition) is 4. The zero-order chi connectivity index (χ0) is 23.6. The van der Waals surface area contributed by atoms with Crippen molar-refractivity contribution < 1.29 is 19.1 Å². The van der Waals surface area contributed by atoms with E-state index in [1.54, 1.807) is 18.2 Å². The molecule has 0 aliphatic heterocycles. The van der Waals surface area contributed by atoms with Gasteiger partial charge in [0.25, 0.3) is 5.91 Å². The molecule has 5 heteroatoms. The van der Waals surface area contributed by atoms with E-state index < -0.39 is 11.7 Å². The molecule has 0 saturated heterocycles. The largest absolute Gasteiger partial charge is 0.485 e. The lowest BCUT2D eigenvalue weighted by atomic mass is 10.2. The molecule has 0 aromatic heterocycles. The van der Waals surface area contributed by atoms with E-state index in [0.717, 1.165) is 16.7 Å². The molecule has 0 saturated carbocycles. The lowest BCUT2D eigenvalue weighted by Gasteiger charge is -2.14. The van der Waals surface area contributed by atoms with Gasteiger partial charge in [-0.15, -0.1) is 0 Å². The van der Waals surface area contributed by atoms with E-state index in [1.165, 1.54) is 0 Å². The topological polar surface area (TPSA) is 64.6 Å². The number of Topliss-reactive ketones (excluding diaryl/α,β-unsaturated/α-hetero) is 1. The molecule has 4 rings (SSSR count). The highest BCUT2D eigenvalue weighted by Crippen LogP contribution is 2.30. The predicted octanol–water partition coefficient (Wildman–Crippen LogP) is 5.34. The highest BCUT2D eigenvalue weighted by Gasteiger charge is 2.19.